The molecule has 1 heterocycles. The highest BCUT2D eigenvalue weighted by molar-refractivity contribution is 6.04. The topological polar surface area (TPSA) is 88.6 Å². The van der Waals surface area contributed by atoms with Gasteiger partial charge < -0.3 is 15.0 Å². The Morgan fingerprint density at radius 2 is 1.75 bits per heavy atom. The third-order valence-electron chi connectivity index (χ3n) is 4.99. The molecule has 0 radical (unpaired) electrons. The Balaban J connectivity index is 1.64. The van der Waals surface area contributed by atoms with E-state index in [1.54, 1.807) is 19.1 Å². The number of nitrogens with one attached hydrogen (secondary N) is 1. The molecule has 0 unspecified atom stereocenters. The fourth-order valence-corrected chi connectivity index (χ4v) is 3.41. The largest absolute Gasteiger partial charge is 0.452 e. The van der Waals surface area contributed by atoms with Crippen LogP contribution < -0.4 is 5.32 Å². The van der Waals surface area contributed by atoms with Crippen LogP contribution in [0.3, 0.4) is 0 Å². The first-order chi connectivity index (χ1) is 15.4. The van der Waals surface area contributed by atoms with Gasteiger partial charge in [-0.15, -0.1) is 0 Å². The lowest BCUT2D eigenvalue weighted by molar-refractivity contribution is -0.137. The van der Waals surface area contributed by atoms with Crippen LogP contribution in [0.1, 0.15) is 35.0 Å². The van der Waals surface area contributed by atoms with E-state index >= 15 is 0 Å². The number of hydrogen-bond acceptors (Lipinski definition) is 5. The standard InChI is InChI=1S/C25H27N3O4/c1-4-13-28(15-23(29)27-21-11-7-5-9-17(21)2)24(30)16-32-25(31)20-14-18(3)26-22-12-8-6-10-19(20)22/h5-12,14H,4,13,15-16H2,1-3H3,(H,27,29). The summed E-state index contributed by atoms with van der Waals surface area (Å²) in [5.41, 5.74) is 3.37. The van der Waals surface area contributed by atoms with Gasteiger partial charge in [0.1, 0.15) is 0 Å². The molecule has 2 aromatic carbocycles. The van der Waals surface area contributed by atoms with Gasteiger partial charge in [0.15, 0.2) is 6.61 Å². The second-order valence-corrected chi connectivity index (χ2v) is 7.58. The normalized spacial score (nSPS) is 10.6. The zero-order valence-electron chi connectivity index (χ0n) is 18.6. The molecular formula is C25H27N3O4. The van der Waals surface area contributed by atoms with E-state index in [0.717, 1.165) is 5.56 Å². The molecule has 0 spiro atoms. The Morgan fingerprint density at radius 3 is 2.50 bits per heavy atom. The Hall–Kier alpha value is -3.74. The summed E-state index contributed by atoms with van der Waals surface area (Å²) in [6, 6.07) is 16.3. The number of carbonyl (C=O) groups excluding carboxylic acids is 3. The molecule has 2 amide bonds. The fraction of sp³-hybridized carbons (Fsp3) is 0.280. The van der Waals surface area contributed by atoms with E-state index in [9.17, 15) is 14.4 Å². The molecule has 166 valence electrons. The number of aromatic nitrogens is 1. The van der Waals surface area contributed by atoms with Crippen LogP contribution in [0.5, 0.6) is 0 Å². The first-order valence-electron chi connectivity index (χ1n) is 10.6. The number of carbonyl (C=O) groups is 3. The second kappa shape index (κ2) is 10.5. The van der Waals surface area contributed by atoms with Crippen molar-refractivity contribution < 1.29 is 19.1 Å². The van der Waals surface area contributed by atoms with Crippen molar-refractivity contribution in [2.75, 3.05) is 25.0 Å². The highest BCUT2D eigenvalue weighted by Gasteiger charge is 2.20. The van der Waals surface area contributed by atoms with E-state index in [-0.39, 0.29) is 12.5 Å². The average Bonchev–Trinajstić information content (AvgIpc) is 2.77. The van der Waals surface area contributed by atoms with Crippen molar-refractivity contribution in [1.82, 2.24) is 9.88 Å². The van der Waals surface area contributed by atoms with Crippen LogP contribution in [0.4, 0.5) is 5.69 Å². The molecule has 0 aliphatic carbocycles. The quantitative estimate of drug-likeness (QED) is 0.545. The molecule has 3 aromatic rings. The van der Waals surface area contributed by atoms with Crippen molar-refractivity contribution in [2.45, 2.75) is 27.2 Å². The minimum absolute atomic E-state index is 0.115. The molecule has 0 aliphatic heterocycles. The second-order valence-electron chi connectivity index (χ2n) is 7.58. The van der Waals surface area contributed by atoms with Gasteiger partial charge in [0, 0.05) is 23.3 Å². The van der Waals surface area contributed by atoms with Crippen LogP contribution in [0, 0.1) is 13.8 Å². The number of para-hydroxylation sites is 2. The number of benzene rings is 2. The highest BCUT2D eigenvalue weighted by Crippen LogP contribution is 2.19. The Morgan fingerprint density at radius 1 is 1.03 bits per heavy atom. The third kappa shape index (κ3) is 5.69. The average molecular weight is 434 g/mol. The summed E-state index contributed by atoms with van der Waals surface area (Å²) in [7, 11) is 0. The van der Waals surface area contributed by atoms with E-state index in [4.69, 9.17) is 4.74 Å². The number of anilines is 1. The molecule has 0 aliphatic rings. The molecule has 0 bridgehead atoms. The summed E-state index contributed by atoms with van der Waals surface area (Å²) >= 11 is 0. The lowest BCUT2D eigenvalue weighted by Gasteiger charge is -2.22. The van der Waals surface area contributed by atoms with Crippen LogP contribution in [-0.4, -0.2) is 47.4 Å². The van der Waals surface area contributed by atoms with Gasteiger partial charge in [0.05, 0.1) is 17.6 Å². The number of rotatable bonds is 8. The predicted octanol–water partition coefficient (Wildman–Crippen LogP) is 3.89. The third-order valence-corrected chi connectivity index (χ3v) is 4.99. The summed E-state index contributed by atoms with van der Waals surface area (Å²) in [4.78, 5) is 43.7. The van der Waals surface area contributed by atoms with Gasteiger partial charge in [-0.3, -0.25) is 14.6 Å². The number of nitrogens with zero attached hydrogens (tertiary/aromatic N) is 2. The maximum absolute atomic E-state index is 12.7. The molecule has 0 atom stereocenters. The molecule has 0 saturated carbocycles. The predicted molar refractivity (Wildman–Crippen MR) is 123 cm³/mol. The molecular weight excluding hydrogens is 406 g/mol. The molecule has 3 rings (SSSR count). The monoisotopic (exact) mass is 433 g/mol. The maximum Gasteiger partial charge on any atom is 0.339 e. The SMILES string of the molecule is CCCN(CC(=O)Nc1ccccc1C)C(=O)COC(=O)c1cc(C)nc2ccccc12. The number of esters is 1. The van der Waals surface area contributed by atoms with E-state index < -0.39 is 18.5 Å². The Bertz CT molecular complexity index is 1140. The molecule has 32 heavy (non-hydrogen) atoms. The van der Waals surface area contributed by atoms with Gasteiger partial charge in [-0.1, -0.05) is 43.3 Å². The van der Waals surface area contributed by atoms with Gasteiger partial charge in [0.25, 0.3) is 5.91 Å². The molecule has 0 saturated heterocycles. The number of hydrogen-bond donors (Lipinski definition) is 1. The zero-order valence-corrected chi connectivity index (χ0v) is 18.6. The van der Waals surface area contributed by atoms with E-state index in [2.05, 4.69) is 10.3 Å². The lowest BCUT2D eigenvalue weighted by Crippen LogP contribution is -2.40. The van der Waals surface area contributed by atoms with E-state index in [1.165, 1.54) is 4.90 Å². The van der Waals surface area contributed by atoms with Gasteiger partial charge in [-0.2, -0.15) is 0 Å². The number of aryl methyl sites for hydroxylation is 2. The van der Waals surface area contributed by atoms with Gasteiger partial charge in [0.2, 0.25) is 5.91 Å². The van der Waals surface area contributed by atoms with Crippen LogP contribution in [0.25, 0.3) is 10.9 Å². The number of ether oxygens (including phenoxy) is 1. The Labute approximate surface area is 187 Å². The van der Waals surface area contributed by atoms with Crippen molar-refractivity contribution in [3.05, 3.63) is 71.4 Å². The van der Waals surface area contributed by atoms with Crippen molar-refractivity contribution in [1.29, 1.82) is 0 Å². The van der Waals surface area contributed by atoms with Crippen LogP contribution in [0.15, 0.2) is 54.6 Å². The zero-order chi connectivity index (χ0) is 23.1. The first kappa shape index (κ1) is 22.9. The molecule has 1 aromatic heterocycles. The van der Waals surface area contributed by atoms with Crippen molar-refractivity contribution in [3.63, 3.8) is 0 Å². The summed E-state index contributed by atoms with van der Waals surface area (Å²) < 4.78 is 5.31. The molecule has 0 fully saturated rings. The summed E-state index contributed by atoms with van der Waals surface area (Å²) in [5, 5.41) is 3.49. The maximum atomic E-state index is 12.7. The van der Waals surface area contributed by atoms with Crippen molar-refractivity contribution in [3.8, 4) is 0 Å². The lowest BCUT2D eigenvalue weighted by atomic mass is 10.1. The van der Waals surface area contributed by atoms with E-state index in [1.807, 2.05) is 56.3 Å². The number of fused-ring (bicyclic) bond motifs is 1. The van der Waals surface area contributed by atoms with Crippen LogP contribution in [-0.2, 0) is 14.3 Å². The van der Waals surface area contributed by atoms with Gasteiger partial charge in [-0.25, -0.2) is 4.79 Å². The van der Waals surface area contributed by atoms with Crippen molar-refractivity contribution >= 4 is 34.4 Å². The number of amides is 2. The van der Waals surface area contributed by atoms with E-state index in [0.29, 0.717) is 40.8 Å². The van der Waals surface area contributed by atoms with Gasteiger partial charge in [-0.05, 0) is 44.0 Å². The number of pyridine rings is 1. The molecule has 1 N–H and O–H groups in total. The van der Waals surface area contributed by atoms with Crippen LogP contribution >= 0.6 is 0 Å². The Kier molecular flexibility index (Phi) is 7.54. The minimum atomic E-state index is -0.596. The minimum Gasteiger partial charge on any atom is -0.452 e. The van der Waals surface area contributed by atoms with Crippen molar-refractivity contribution in [2.24, 2.45) is 0 Å². The van der Waals surface area contributed by atoms with Gasteiger partial charge >= 0.3 is 5.97 Å². The summed E-state index contributed by atoms with van der Waals surface area (Å²) in [6.45, 7) is 5.44. The van der Waals surface area contributed by atoms with Crippen LogP contribution in [0.2, 0.25) is 0 Å². The molecule has 7 heteroatoms. The first-order valence-corrected chi connectivity index (χ1v) is 10.6. The summed E-state index contributed by atoms with van der Waals surface area (Å²) in [5.74, 6) is -1.32. The molecule has 7 nitrogen and oxygen atoms in total. The highest BCUT2D eigenvalue weighted by atomic mass is 16.5. The fourth-order valence-electron chi connectivity index (χ4n) is 3.41. The summed E-state index contributed by atoms with van der Waals surface area (Å²) in [6.07, 6.45) is 0.672. The smallest absolute Gasteiger partial charge is 0.339 e.